The molecule has 3 rings (SSSR count). The van der Waals surface area contributed by atoms with Gasteiger partial charge >= 0.3 is 12.1 Å². The Bertz CT molecular complexity index is 1040. The van der Waals surface area contributed by atoms with Crippen molar-refractivity contribution < 1.29 is 23.9 Å². The van der Waals surface area contributed by atoms with E-state index in [2.05, 4.69) is 0 Å². The van der Waals surface area contributed by atoms with Crippen LogP contribution in [-0.4, -0.2) is 41.1 Å². The summed E-state index contributed by atoms with van der Waals surface area (Å²) in [5.41, 5.74) is 1.21. The highest BCUT2D eigenvalue weighted by Crippen LogP contribution is 2.32. The van der Waals surface area contributed by atoms with Gasteiger partial charge in [-0.3, -0.25) is 4.79 Å². The molecule has 0 N–H and O–H groups in total. The Kier molecular flexibility index (Phi) is 7.92. The predicted octanol–water partition coefficient (Wildman–Crippen LogP) is 5.59. The molecule has 1 aliphatic rings. The number of carbonyl (C=O) groups excluding carboxylic acids is 3. The fourth-order valence-corrected chi connectivity index (χ4v) is 3.90. The van der Waals surface area contributed by atoms with Crippen LogP contribution in [0.25, 0.3) is 6.08 Å². The number of hydrogen-bond donors (Lipinski definition) is 0. The summed E-state index contributed by atoms with van der Waals surface area (Å²) in [6.45, 7) is 9.48. The molecule has 2 amide bonds. The molecule has 1 fully saturated rings. The van der Waals surface area contributed by atoms with Crippen molar-refractivity contribution in [1.29, 1.82) is 0 Å². The molecule has 0 radical (unpaired) electrons. The zero-order chi connectivity index (χ0) is 24.9. The van der Waals surface area contributed by atoms with Gasteiger partial charge in [-0.2, -0.15) is 0 Å². The van der Waals surface area contributed by atoms with Crippen LogP contribution in [0.1, 0.15) is 58.1 Å². The summed E-state index contributed by atoms with van der Waals surface area (Å²) in [5.74, 6) is -1.59. The SMILES string of the molecule is CC(C)[C@H]1COC(=O)N1C(=O)[C@@H](C/C(=C\c1ccccc1)C(=O)OC(C)(C)C)c1ccccc1. The van der Waals surface area contributed by atoms with Crippen molar-refractivity contribution in [2.75, 3.05) is 6.61 Å². The molecule has 1 heterocycles. The minimum Gasteiger partial charge on any atom is -0.457 e. The van der Waals surface area contributed by atoms with Crippen molar-refractivity contribution in [1.82, 2.24) is 4.90 Å². The first-order valence-corrected chi connectivity index (χ1v) is 11.6. The van der Waals surface area contributed by atoms with Crippen LogP contribution >= 0.6 is 0 Å². The number of imide groups is 1. The van der Waals surface area contributed by atoms with E-state index in [1.54, 1.807) is 26.8 Å². The fraction of sp³-hybridized carbons (Fsp3) is 0.393. The molecule has 180 valence electrons. The Hall–Kier alpha value is -3.41. The monoisotopic (exact) mass is 463 g/mol. The van der Waals surface area contributed by atoms with Crippen molar-refractivity contribution in [2.24, 2.45) is 5.92 Å². The molecule has 0 bridgehead atoms. The highest BCUT2D eigenvalue weighted by atomic mass is 16.6. The van der Waals surface area contributed by atoms with Crippen LogP contribution in [0.15, 0.2) is 66.2 Å². The van der Waals surface area contributed by atoms with Gasteiger partial charge in [0.1, 0.15) is 12.2 Å². The number of benzene rings is 2. The van der Waals surface area contributed by atoms with Gasteiger partial charge < -0.3 is 9.47 Å². The van der Waals surface area contributed by atoms with Crippen molar-refractivity contribution in [3.8, 4) is 0 Å². The summed E-state index contributed by atoms with van der Waals surface area (Å²) < 4.78 is 10.9. The smallest absolute Gasteiger partial charge is 0.417 e. The van der Waals surface area contributed by atoms with Gasteiger partial charge in [0, 0.05) is 5.57 Å². The summed E-state index contributed by atoms with van der Waals surface area (Å²) in [6.07, 6.45) is 1.19. The zero-order valence-electron chi connectivity index (χ0n) is 20.5. The Morgan fingerprint density at radius 3 is 2.21 bits per heavy atom. The molecule has 2 atom stereocenters. The summed E-state index contributed by atoms with van der Waals surface area (Å²) in [5, 5.41) is 0. The first kappa shape index (κ1) is 25.2. The maximum absolute atomic E-state index is 13.8. The third-order valence-electron chi connectivity index (χ3n) is 5.64. The quantitative estimate of drug-likeness (QED) is 0.395. The predicted molar refractivity (Wildman–Crippen MR) is 131 cm³/mol. The van der Waals surface area contributed by atoms with Gasteiger partial charge in [0.2, 0.25) is 5.91 Å². The molecular formula is C28H33NO5. The Morgan fingerprint density at radius 1 is 1.06 bits per heavy atom. The third kappa shape index (κ3) is 6.34. The van der Waals surface area contributed by atoms with Crippen molar-refractivity contribution >= 4 is 24.0 Å². The minimum atomic E-state index is -0.754. The standard InChI is InChI=1S/C28H33NO5/c1-19(2)24-18-33-27(32)29(24)25(30)23(21-14-10-7-11-15-21)17-22(26(31)34-28(3,4)5)16-20-12-8-6-9-13-20/h6-16,19,23-24H,17-18H2,1-5H3/b22-16+/t23-,24+/m0/s1. The number of ether oxygens (including phenoxy) is 2. The lowest BCUT2D eigenvalue weighted by molar-refractivity contribution is -0.150. The Balaban J connectivity index is 2.03. The van der Waals surface area contributed by atoms with E-state index in [-0.39, 0.29) is 30.9 Å². The lowest BCUT2D eigenvalue weighted by Crippen LogP contribution is -2.44. The maximum Gasteiger partial charge on any atom is 0.417 e. The van der Waals surface area contributed by atoms with Crippen LogP contribution in [0.3, 0.4) is 0 Å². The van der Waals surface area contributed by atoms with Crippen LogP contribution in [0.4, 0.5) is 4.79 Å². The Labute approximate surface area is 201 Å². The molecule has 6 heteroatoms. The van der Waals surface area contributed by atoms with Crippen LogP contribution < -0.4 is 0 Å². The topological polar surface area (TPSA) is 72.9 Å². The molecule has 0 unspecified atom stereocenters. The third-order valence-corrected chi connectivity index (χ3v) is 5.64. The van der Waals surface area contributed by atoms with Gasteiger partial charge in [0.15, 0.2) is 0 Å². The number of hydrogen-bond acceptors (Lipinski definition) is 5. The van der Waals surface area contributed by atoms with E-state index in [1.165, 1.54) is 4.90 Å². The summed E-state index contributed by atoms with van der Waals surface area (Å²) in [6, 6.07) is 18.3. The van der Waals surface area contributed by atoms with Gasteiger partial charge in [-0.15, -0.1) is 0 Å². The van der Waals surface area contributed by atoms with Gasteiger partial charge in [0.05, 0.1) is 12.0 Å². The Morgan fingerprint density at radius 2 is 1.65 bits per heavy atom. The van der Waals surface area contributed by atoms with Gasteiger partial charge in [-0.25, -0.2) is 14.5 Å². The van der Waals surface area contributed by atoms with Gasteiger partial charge in [-0.1, -0.05) is 74.5 Å². The van der Waals surface area contributed by atoms with E-state index in [4.69, 9.17) is 9.47 Å². The second kappa shape index (κ2) is 10.7. The molecule has 0 saturated carbocycles. The van der Waals surface area contributed by atoms with Crippen LogP contribution in [-0.2, 0) is 19.1 Å². The van der Waals surface area contributed by atoms with E-state index in [9.17, 15) is 14.4 Å². The van der Waals surface area contributed by atoms with E-state index in [1.807, 2.05) is 74.5 Å². The highest BCUT2D eigenvalue weighted by molar-refractivity contribution is 6.00. The number of nitrogens with zero attached hydrogens (tertiary/aromatic N) is 1. The molecule has 1 saturated heterocycles. The second-order valence-corrected chi connectivity index (χ2v) is 9.85. The van der Waals surface area contributed by atoms with Crippen LogP contribution in [0.5, 0.6) is 0 Å². The van der Waals surface area contributed by atoms with E-state index >= 15 is 0 Å². The summed E-state index contributed by atoms with van der Waals surface area (Å²) >= 11 is 0. The van der Waals surface area contributed by atoms with Crippen molar-refractivity contribution in [3.63, 3.8) is 0 Å². The molecule has 34 heavy (non-hydrogen) atoms. The molecule has 2 aromatic rings. The lowest BCUT2D eigenvalue weighted by atomic mass is 9.88. The summed E-state index contributed by atoms with van der Waals surface area (Å²) in [7, 11) is 0. The summed E-state index contributed by atoms with van der Waals surface area (Å²) in [4.78, 5) is 40.8. The zero-order valence-corrected chi connectivity index (χ0v) is 20.5. The number of cyclic esters (lactones) is 1. The van der Waals surface area contributed by atoms with Crippen molar-refractivity contribution in [3.05, 3.63) is 77.4 Å². The normalized spacial score (nSPS) is 17.5. The molecule has 1 aliphatic heterocycles. The van der Waals surface area contributed by atoms with E-state index < -0.39 is 23.6 Å². The molecule has 0 spiro atoms. The number of amides is 2. The number of carbonyl (C=O) groups is 3. The number of rotatable bonds is 7. The average Bonchev–Trinajstić information content (AvgIpc) is 3.18. The average molecular weight is 464 g/mol. The molecular weight excluding hydrogens is 430 g/mol. The maximum atomic E-state index is 13.8. The van der Waals surface area contributed by atoms with Gasteiger partial charge in [-0.05, 0) is 50.3 Å². The fourth-order valence-electron chi connectivity index (χ4n) is 3.90. The first-order valence-electron chi connectivity index (χ1n) is 11.6. The largest absolute Gasteiger partial charge is 0.457 e. The van der Waals surface area contributed by atoms with Crippen LogP contribution in [0.2, 0.25) is 0 Å². The molecule has 0 aliphatic carbocycles. The van der Waals surface area contributed by atoms with E-state index in [0.717, 1.165) is 11.1 Å². The molecule has 0 aromatic heterocycles. The first-order chi connectivity index (χ1) is 16.1. The van der Waals surface area contributed by atoms with E-state index in [0.29, 0.717) is 5.57 Å². The van der Waals surface area contributed by atoms with Crippen molar-refractivity contribution in [2.45, 2.75) is 58.6 Å². The molecule has 2 aromatic carbocycles. The van der Waals surface area contributed by atoms with Crippen LogP contribution in [0, 0.1) is 5.92 Å². The lowest BCUT2D eigenvalue weighted by Gasteiger charge is -2.28. The number of esters is 1. The van der Waals surface area contributed by atoms with Gasteiger partial charge in [0.25, 0.3) is 0 Å². The molecule has 6 nitrogen and oxygen atoms in total. The highest BCUT2D eigenvalue weighted by Gasteiger charge is 2.43. The second-order valence-electron chi connectivity index (χ2n) is 9.85. The minimum absolute atomic E-state index is 0.0389.